The summed E-state index contributed by atoms with van der Waals surface area (Å²) in [5.74, 6) is 0.550. The topological polar surface area (TPSA) is 52.4 Å². The maximum atomic E-state index is 10.5. The van der Waals surface area contributed by atoms with Gasteiger partial charge in [0.05, 0.1) is 17.1 Å². The van der Waals surface area contributed by atoms with Crippen molar-refractivity contribution in [2.45, 2.75) is 26.4 Å². The van der Waals surface area contributed by atoms with Crippen molar-refractivity contribution >= 4 is 5.69 Å². The van der Waals surface area contributed by atoms with Gasteiger partial charge in [-0.15, -0.1) is 0 Å². The zero-order chi connectivity index (χ0) is 10.6. The van der Waals surface area contributed by atoms with Crippen LogP contribution in [-0.4, -0.2) is 11.0 Å². The van der Waals surface area contributed by atoms with Gasteiger partial charge >= 0.3 is 0 Å². The third kappa shape index (κ3) is 2.73. The van der Waals surface area contributed by atoms with Gasteiger partial charge in [0.1, 0.15) is 5.75 Å². The number of nitro groups is 1. The quantitative estimate of drug-likeness (QED) is 0.548. The monoisotopic (exact) mass is 195 g/mol. The maximum Gasteiger partial charge on any atom is 0.273 e. The molecule has 1 atom stereocenters. The van der Waals surface area contributed by atoms with Crippen LogP contribution in [-0.2, 0) is 0 Å². The first-order valence-corrected chi connectivity index (χ1v) is 4.54. The molecule has 0 heterocycles. The second-order valence-electron chi connectivity index (χ2n) is 3.09. The molecule has 0 aromatic heterocycles. The van der Waals surface area contributed by atoms with E-state index in [2.05, 4.69) is 0 Å². The van der Waals surface area contributed by atoms with Gasteiger partial charge in [0.2, 0.25) is 0 Å². The van der Waals surface area contributed by atoms with Gasteiger partial charge in [-0.1, -0.05) is 13.0 Å². The fraction of sp³-hybridized carbons (Fsp3) is 0.400. The van der Waals surface area contributed by atoms with Crippen LogP contribution < -0.4 is 4.74 Å². The zero-order valence-electron chi connectivity index (χ0n) is 8.27. The molecule has 76 valence electrons. The molecule has 0 bridgehead atoms. The summed E-state index contributed by atoms with van der Waals surface area (Å²) in [5.41, 5.74) is 0.0609. The Hall–Kier alpha value is -1.58. The molecule has 0 amide bonds. The van der Waals surface area contributed by atoms with Crippen LogP contribution in [0, 0.1) is 10.1 Å². The predicted molar refractivity (Wildman–Crippen MR) is 53.5 cm³/mol. The molecule has 0 saturated heterocycles. The lowest BCUT2D eigenvalue weighted by atomic mass is 10.3. The Morgan fingerprint density at radius 3 is 2.86 bits per heavy atom. The minimum Gasteiger partial charge on any atom is -0.490 e. The number of non-ortho nitro benzene ring substituents is 1. The van der Waals surface area contributed by atoms with Crippen molar-refractivity contribution in [3.05, 3.63) is 34.4 Å². The minimum absolute atomic E-state index is 0.0609. The number of hydrogen-bond donors (Lipinski definition) is 0. The molecule has 0 aliphatic rings. The van der Waals surface area contributed by atoms with Gasteiger partial charge in [0, 0.05) is 6.07 Å². The number of ether oxygens (including phenoxy) is 1. The van der Waals surface area contributed by atoms with Crippen LogP contribution in [0.5, 0.6) is 5.75 Å². The molecule has 0 N–H and O–H groups in total. The van der Waals surface area contributed by atoms with E-state index in [0.29, 0.717) is 5.75 Å². The number of benzene rings is 1. The lowest BCUT2D eigenvalue weighted by Gasteiger charge is -2.11. The Kier molecular flexibility index (Phi) is 3.45. The lowest BCUT2D eigenvalue weighted by molar-refractivity contribution is -0.384. The highest BCUT2D eigenvalue weighted by atomic mass is 16.6. The lowest BCUT2D eigenvalue weighted by Crippen LogP contribution is -2.09. The molecule has 0 saturated carbocycles. The molecule has 4 heteroatoms. The van der Waals surface area contributed by atoms with Crippen LogP contribution in [0.25, 0.3) is 0 Å². The van der Waals surface area contributed by atoms with Crippen LogP contribution >= 0.6 is 0 Å². The number of nitrogens with zero attached hydrogens (tertiary/aromatic N) is 1. The highest BCUT2D eigenvalue weighted by molar-refractivity contribution is 5.37. The van der Waals surface area contributed by atoms with Gasteiger partial charge in [-0.05, 0) is 19.4 Å². The van der Waals surface area contributed by atoms with Gasteiger partial charge in [0.15, 0.2) is 0 Å². The average Bonchev–Trinajstić information content (AvgIpc) is 2.18. The van der Waals surface area contributed by atoms with Crippen molar-refractivity contribution in [1.29, 1.82) is 0 Å². The number of nitro benzene ring substituents is 1. The molecule has 1 rings (SSSR count). The van der Waals surface area contributed by atoms with E-state index in [1.807, 2.05) is 13.8 Å². The van der Waals surface area contributed by atoms with Gasteiger partial charge in [0.25, 0.3) is 5.69 Å². The minimum atomic E-state index is -0.427. The standard InChI is InChI=1S/C10H13NO3/c1-3-8(2)14-10-6-4-5-9(7-10)11(12)13/h4-8H,3H2,1-2H3. The molecule has 4 nitrogen and oxygen atoms in total. The van der Waals surface area contributed by atoms with Crippen LogP contribution in [0.15, 0.2) is 24.3 Å². The SMILES string of the molecule is CCC(C)Oc1cccc([N+](=O)[O-])c1. The average molecular weight is 195 g/mol. The molecule has 0 spiro atoms. The molecule has 0 aliphatic heterocycles. The summed E-state index contributed by atoms with van der Waals surface area (Å²) >= 11 is 0. The second-order valence-corrected chi connectivity index (χ2v) is 3.09. The van der Waals surface area contributed by atoms with Crippen LogP contribution in [0.1, 0.15) is 20.3 Å². The summed E-state index contributed by atoms with van der Waals surface area (Å²) in [6.07, 6.45) is 0.958. The zero-order valence-corrected chi connectivity index (χ0v) is 8.27. The highest BCUT2D eigenvalue weighted by Crippen LogP contribution is 2.20. The van der Waals surface area contributed by atoms with Gasteiger partial charge in [-0.2, -0.15) is 0 Å². The first kappa shape index (κ1) is 10.5. The first-order chi connectivity index (χ1) is 6.63. The molecule has 1 aromatic carbocycles. The van der Waals surface area contributed by atoms with Gasteiger partial charge in [-0.3, -0.25) is 10.1 Å². The fourth-order valence-corrected chi connectivity index (χ4v) is 0.986. The van der Waals surface area contributed by atoms with E-state index < -0.39 is 4.92 Å². The second kappa shape index (κ2) is 4.60. The molecule has 0 aliphatic carbocycles. The maximum absolute atomic E-state index is 10.5. The summed E-state index contributed by atoms with van der Waals surface area (Å²) in [4.78, 5) is 10.0. The summed E-state index contributed by atoms with van der Waals surface area (Å²) in [6.45, 7) is 3.93. The van der Waals surface area contributed by atoms with Crippen molar-refractivity contribution in [2.24, 2.45) is 0 Å². The van der Waals surface area contributed by atoms with E-state index >= 15 is 0 Å². The molecule has 1 unspecified atom stereocenters. The summed E-state index contributed by atoms with van der Waals surface area (Å²) in [6, 6.07) is 6.23. The van der Waals surface area contributed by atoms with E-state index in [9.17, 15) is 10.1 Å². The van der Waals surface area contributed by atoms with Gasteiger partial charge in [-0.25, -0.2) is 0 Å². The smallest absolute Gasteiger partial charge is 0.273 e. The molecule has 0 radical (unpaired) electrons. The first-order valence-electron chi connectivity index (χ1n) is 4.54. The summed E-state index contributed by atoms with van der Waals surface area (Å²) < 4.78 is 5.45. The normalized spacial score (nSPS) is 12.1. The van der Waals surface area contributed by atoms with Crippen molar-refractivity contribution in [2.75, 3.05) is 0 Å². The predicted octanol–water partition coefficient (Wildman–Crippen LogP) is 2.77. The van der Waals surface area contributed by atoms with Crippen molar-refractivity contribution in [3.63, 3.8) is 0 Å². The largest absolute Gasteiger partial charge is 0.490 e. The van der Waals surface area contributed by atoms with E-state index in [1.54, 1.807) is 12.1 Å². The van der Waals surface area contributed by atoms with Crippen LogP contribution in [0.3, 0.4) is 0 Å². The third-order valence-corrected chi connectivity index (χ3v) is 1.94. The van der Waals surface area contributed by atoms with Gasteiger partial charge < -0.3 is 4.74 Å². The molecular formula is C10H13NO3. The van der Waals surface area contributed by atoms with E-state index in [4.69, 9.17) is 4.74 Å². The van der Waals surface area contributed by atoms with Crippen LogP contribution in [0.2, 0.25) is 0 Å². The summed E-state index contributed by atoms with van der Waals surface area (Å²) in [5, 5.41) is 10.5. The molecular weight excluding hydrogens is 182 g/mol. The Morgan fingerprint density at radius 1 is 1.57 bits per heavy atom. The highest BCUT2D eigenvalue weighted by Gasteiger charge is 2.07. The van der Waals surface area contributed by atoms with Crippen LogP contribution in [0.4, 0.5) is 5.69 Å². The Morgan fingerprint density at radius 2 is 2.29 bits per heavy atom. The molecule has 1 aromatic rings. The van der Waals surface area contributed by atoms with Crippen molar-refractivity contribution in [3.8, 4) is 5.75 Å². The number of hydrogen-bond acceptors (Lipinski definition) is 3. The Bertz CT molecular complexity index is 325. The van der Waals surface area contributed by atoms with E-state index in [-0.39, 0.29) is 11.8 Å². The molecule has 0 fully saturated rings. The Balaban J connectivity index is 2.78. The Labute approximate surface area is 82.7 Å². The van der Waals surface area contributed by atoms with Crippen molar-refractivity contribution in [1.82, 2.24) is 0 Å². The van der Waals surface area contributed by atoms with E-state index in [0.717, 1.165) is 6.42 Å². The van der Waals surface area contributed by atoms with E-state index in [1.165, 1.54) is 12.1 Å². The fourth-order valence-electron chi connectivity index (χ4n) is 0.986. The van der Waals surface area contributed by atoms with Crippen molar-refractivity contribution < 1.29 is 9.66 Å². The number of rotatable bonds is 4. The molecule has 14 heavy (non-hydrogen) atoms. The summed E-state index contributed by atoms with van der Waals surface area (Å²) in [7, 11) is 0. The third-order valence-electron chi connectivity index (χ3n) is 1.94.